The molecule has 0 radical (unpaired) electrons. The summed E-state index contributed by atoms with van der Waals surface area (Å²) in [6.07, 6.45) is 1.74. The van der Waals surface area contributed by atoms with Crippen LogP contribution in [0.15, 0.2) is 51.8 Å². The number of benzene rings is 2. The molecule has 4 aromatic rings. The summed E-state index contributed by atoms with van der Waals surface area (Å²) in [4.78, 5) is 22.9. The first-order valence-corrected chi connectivity index (χ1v) is 8.67. The van der Waals surface area contributed by atoms with Crippen molar-refractivity contribution >= 4 is 34.2 Å². The predicted molar refractivity (Wildman–Crippen MR) is 108 cm³/mol. The molecule has 2 aromatic heterocycles. The van der Waals surface area contributed by atoms with E-state index in [0.29, 0.717) is 22.9 Å². The quantitative estimate of drug-likeness (QED) is 0.482. The summed E-state index contributed by atoms with van der Waals surface area (Å²) in [6, 6.07) is 11.1. The topological polar surface area (TPSA) is 105 Å². The van der Waals surface area contributed by atoms with Crippen molar-refractivity contribution < 1.29 is 9.15 Å². The fourth-order valence-electron chi connectivity index (χ4n) is 2.88. The number of ether oxygens (including phenoxy) is 1. The Morgan fingerprint density at radius 2 is 1.82 bits per heavy atom. The van der Waals surface area contributed by atoms with Crippen LogP contribution in [-0.4, -0.2) is 22.1 Å². The Labute approximate surface area is 160 Å². The highest BCUT2D eigenvalue weighted by atomic mass is 16.5. The van der Waals surface area contributed by atoms with Gasteiger partial charge in [0.1, 0.15) is 11.6 Å². The number of rotatable bonds is 5. The van der Waals surface area contributed by atoms with Gasteiger partial charge in [-0.15, -0.1) is 0 Å². The fourth-order valence-corrected chi connectivity index (χ4v) is 2.88. The van der Waals surface area contributed by atoms with Crippen molar-refractivity contribution in [2.45, 2.75) is 13.8 Å². The first-order valence-electron chi connectivity index (χ1n) is 8.67. The molecule has 0 aliphatic rings. The molecule has 0 atom stereocenters. The second-order valence-corrected chi connectivity index (χ2v) is 6.39. The second kappa shape index (κ2) is 7.07. The maximum Gasteiger partial charge on any atom is 0.417 e. The number of oxazole rings is 1. The normalized spacial score (nSPS) is 10.8. The van der Waals surface area contributed by atoms with Gasteiger partial charge in [0.2, 0.25) is 5.95 Å². The monoisotopic (exact) mass is 377 g/mol. The number of fused-ring (bicyclic) bond motifs is 1. The molecule has 0 spiro atoms. The summed E-state index contributed by atoms with van der Waals surface area (Å²) in [5, 5.41) is 6.46. The fraction of sp³-hybridized carbons (Fsp3) is 0.150. The maximum atomic E-state index is 11.3. The van der Waals surface area contributed by atoms with Crippen LogP contribution in [0.25, 0.3) is 11.1 Å². The zero-order chi connectivity index (χ0) is 19.7. The number of H-pyrrole nitrogens is 1. The van der Waals surface area contributed by atoms with Gasteiger partial charge in [0.05, 0.1) is 12.6 Å². The Morgan fingerprint density at radius 1 is 1.04 bits per heavy atom. The third-order valence-electron chi connectivity index (χ3n) is 4.30. The summed E-state index contributed by atoms with van der Waals surface area (Å²) < 4.78 is 10.3. The van der Waals surface area contributed by atoms with Crippen molar-refractivity contribution in [1.82, 2.24) is 15.0 Å². The highest BCUT2D eigenvalue weighted by molar-refractivity contribution is 5.78. The lowest BCUT2D eigenvalue weighted by Crippen LogP contribution is -2.03. The van der Waals surface area contributed by atoms with Gasteiger partial charge in [0, 0.05) is 23.1 Å². The smallest absolute Gasteiger partial charge is 0.417 e. The molecule has 0 saturated carbocycles. The molecule has 2 heterocycles. The molecule has 8 heteroatoms. The van der Waals surface area contributed by atoms with Crippen molar-refractivity contribution in [2.24, 2.45) is 0 Å². The number of aryl methyl sites for hydroxylation is 2. The van der Waals surface area contributed by atoms with E-state index in [0.717, 1.165) is 28.3 Å². The van der Waals surface area contributed by atoms with E-state index in [2.05, 4.69) is 25.6 Å². The molecule has 3 N–H and O–H groups in total. The molecule has 0 bridgehead atoms. The number of nitrogens with one attached hydrogen (secondary N) is 3. The zero-order valence-corrected chi connectivity index (χ0v) is 15.7. The standard InChI is InChI=1S/C20H19N5O3/c1-11-8-13(4-6-16(11)27-3)23-19-21-10-12(2)18(25-19)22-14-5-7-17-15(9-14)24-20(26)28-17/h4-10H,1-3H3,(H,24,26)(H2,21,22,23,25). The average Bonchev–Trinajstić information content (AvgIpc) is 3.04. The average molecular weight is 377 g/mol. The third-order valence-corrected chi connectivity index (χ3v) is 4.30. The van der Waals surface area contributed by atoms with E-state index in [-0.39, 0.29) is 0 Å². The van der Waals surface area contributed by atoms with Crippen LogP contribution >= 0.6 is 0 Å². The van der Waals surface area contributed by atoms with E-state index in [4.69, 9.17) is 9.15 Å². The van der Waals surface area contributed by atoms with Crippen LogP contribution in [0.4, 0.5) is 23.1 Å². The SMILES string of the molecule is COc1ccc(Nc2ncc(C)c(Nc3ccc4oc(=O)[nH]c4c3)n2)cc1C. The summed E-state index contributed by atoms with van der Waals surface area (Å²) in [5.41, 5.74) is 4.67. The minimum atomic E-state index is -0.480. The van der Waals surface area contributed by atoms with E-state index in [1.165, 1.54) is 0 Å². The Hall–Kier alpha value is -3.81. The largest absolute Gasteiger partial charge is 0.496 e. The van der Waals surface area contributed by atoms with Gasteiger partial charge < -0.3 is 19.8 Å². The molecule has 0 amide bonds. The van der Waals surface area contributed by atoms with Crippen molar-refractivity contribution in [2.75, 3.05) is 17.7 Å². The first-order chi connectivity index (χ1) is 13.5. The summed E-state index contributed by atoms with van der Waals surface area (Å²) in [7, 11) is 1.65. The van der Waals surface area contributed by atoms with Gasteiger partial charge in [0.15, 0.2) is 5.58 Å². The first kappa shape index (κ1) is 17.6. The van der Waals surface area contributed by atoms with E-state index in [1.807, 2.05) is 38.1 Å². The lowest BCUT2D eigenvalue weighted by molar-refractivity contribution is 0.412. The van der Waals surface area contributed by atoms with Gasteiger partial charge in [-0.25, -0.2) is 9.78 Å². The number of aromatic nitrogens is 3. The van der Waals surface area contributed by atoms with E-state index < -0.39 is 5.76 Å². The lowest BCUT2D eigenvalue weighted by Gasteiger charge is -2.12. The number of anilines is 4. The minimum absolute atomic E-state index is 0.468. The number of hydrogen-bond donors (Lipinski definition) is 3. The Morgan fingerprint density at radius 3 is 2.61 bits per heavy atom. The van der Waals surface area contributed by atoms with Crippen LogP contribution in [0, 0.1) is 13.8 Å². The van der Waals surface area contributed by atoms with Gasteiger partial charge in [-0.1, -0.05) is 0 Å². The summed E-state index contributed by atoms with van der Waals surface area (Å²) in [5.74, 6) is 1.47. The molecule has 2 aromatic carbocycles. The number of aromatic amines is 1. The number of hydrogen-bond acceptors (Lipinski definition) is 7. The molecule has 0 aliphatic heterocycles. The minimum Gasteiger partial charge on any atom is -0.496 e. The molecular formula is C20H19N5O3. The Kier molecular flexibility index (Phi) is 4.44. The van der Waals surface area contributed by atoms with E-state index in [9.17, 15) is 4.79 Å². The summed E-state index contributed by atoms with van der Waals surface area (Å²) in [6.45, 7) is 3.89. The number of nitrogens with zero attached hydrogens (tertiary/aromatic N) is 2. The molecule has 0 aliphatic carbocycles. The molecule has 0 saturated heterocycles. The van der Waals surface area contributed by atoms with Crippen LogP contribution < -0.4 is 21.1 Å². The maximum absolute atomic E-state index is 11.3. The molecule has 0 unspecified atom stereocenters. The van der Waals surface area contributed by atoms with Gasteiger partial charge in [-0.2, -0.15) is 4.98 Å². The van der Waals surface area contributed by atoms with Gasteiger partial charge in [0.25, 0.3) is 0 Å². The molecule has 0 fully saturated rings. The number of methoxy groups -OCH3 is 1. The van der Waals surface area contributed by atoms with Gasteiger partial charge in [-0.05, 0) is 55.8 Å². The van der Waals surface area contributed by atoms with Crippen LogP contribution in [-0.2, 0) is 0 Å². The molecule has 28 heavy (non-hydrogen) atoms. The molecular weight excluding hydrogens is 358 g/mol. The Bertz CT molecular complexity index is 1210. The molecule has 142 valence electrons. The van der Waals surface area contributed by atoms with Gasteiger partial charge in [-0.3, -0.25) is 4.98 Å². The molecule has 8 nitrogen and oxygen atoms in total. The second-order valence-electron chi connectivity index (χ2n) is 6.39. The molecule has 4 rings (SSSR count). The highest BCUT2D eigenvalue weighted by Gasteiger charge is 2.08. The van der Waals surface area contributed by atoms with Crippen molar-refractivity contribution in [3.05, 3.63) is 64.3 Å². The Balaban J connectivity index is 1.59. The van der Waals surface area contributed by atoms with E-state index in [1.54, 1.807) is 25.4 Å². The van der Waals surface area contributed by atoms with Crippen molar-refractivity contribution in [1.29, 1.82) is 0 Å². The lowest BCUT2D eigenvalue weighted by atomic mass is 10.2. The summed E-state index contributed by atoms with van der Waals surface area (Å²) >= 11 is 0. The zero-order valence-electron chi connectivity index (χ0n) is 15.7. The predicted octanol–water partition coefficient (Wildman–Crippen LogP) is 4.02. The van der Waals surface area contributed by atoms with Crippen LogP contribution in [0.1, 0.15) is 11.1 Å². The van der Waals surface area contributed by atoms with Crippen molar-refractivity contribution in [3.63, 3.8) is 0 Å². The van der Waals surface area contributed by atoms with Crippen LogP contribution in [0.5, 0.6) is 5.75 Å². The van der Waals surface area contributed by atoms with E-state index >= 15 is 0 Å². The van der Waals surface area contributed by atoms with Crippen LogP contribution in [0.3, 0.4) is 0 Å². The van der Waals surface area contributed by atoms with Crippen molar-refractivity contribution in [3.8, 4) is 5.75 Å². The van der Waals surface area contributed by atoms with Crippen LogP contribution in [0.2, 0.25) is 0 Å². The highest BCUT2D eigenvalue weighted by Crippen LogP contribution is 2.25. The third kappa shape index (κ3) is 3.52. The van der Waals surface area contributed by atoms with Gasteiger partial charge >= 0.3 is 5.76 Å².